The molecule has 0 saturated carbocycles. The van der Waals surface area contributed by atoms with Crippen LogP contribution in [0.3, 0.4) is 0 Å². The summed E-state index contributed by atoms with van der Waals surface area (Å²) in [5, 5.41) is 11.6. The number of amides is 1. The zero-order valence-electron chi connectivity index (χ0n) is 12.7. The van der Waals surface area contributed by atoms with Gasteiger partial charge in [-0.05, 0) is 30.5 Å². The van der Waals surface area contributed by atoms with Crippen molar-refractivity contribution in [2.24, 2.45) is 0 Å². The lowest BCUT2D eigenvalue weighted by Gasteiger charge is -2.40. The molecular formula is C16H18F3N3O. The molecule has 1 aromatic carbocycles. The second kappa shape index (κ2) is 7.01. The maximum absolute atomic E-state index is 13.2. The van der Waals surface area contributed by atoms with Crippen LogP contribution in [0.2, 0.25) is 0 Å². The molecule has 1 heterocycles. The van der Waals surface area contributed by atoms with Gasteiger partial charge in [-0.25, -0.2) is 0 Å². The standard InChI is InChI=1S/C16H18F3N3O/c1-11(23)21-14-5-6-15(16(17,18)19)22(10-14)9-13-4-2-3-12(7-13)8-20/h2-4,7,14-15H,5-6,9-10H2,1H3,(H,21,23)/t14-,15+/m1/s1. The number of halogens is 3. The third-order valence-corrected chi connectivity index (χ3v) is 3.91. The lowest BCUT2D eigenvalue weighted by molar-refractivity contribution is -0.194. The number of nitrogens with zero attached hydrogens (tertiary/aromatic N) is 2. The number of benzene rings is 1. The van der Waals surface area contributed by atoms with E-state index in [1.165, 1.54) is 11.8 Å². The summed E-state index contributed by atoms with van der Waals surface area (Å²) in [5.41, 5.74) is 1.07. The van der Waals surface area contributed by atoms with E-state index in [0.717, 1.165) is 0 Å². The average molecular weight is 325 g/mol. The van der Waals surface area contributed by atoms with Crippen molar-refractivity contribution in [2.45, 2.75) is 44.6 Å². The van der Waals surface area contributed by atoms with Crippen LogP contribution in [-0.4, -0.2) is 35.6 Å². The van der Waals surface area contributed by atoms with Crippen molar-refractivity contribution < 1.29 is 18.0 Å². The van der Waals surface area contributed by atoms with Crippen LogP contribution in [0.1, 0.15) is 30.9 Å². The molecule has 0 unspecified atom stereocenters. The average Bonchev–Trinajstić information content (AvgIpc) is 2.45. The van der Waals surface area contributed by atoms with Crippen LogP contribution < -0.4 is 5.32 Å². The molecule has 1 aliphatic rings. The molecule has 1 aromatic rings. The van der Waals surface area contributed by atoms with E-state index in [1.54, 1.807) is 24.3 Å². The van der Waals surface area contributed by atoms with Crippen LogP contribution in [0.5, 0.6) is 0 Å². The second-order valence-corrected chi connectivity index (χ2v) is 5.77. The van der Waals surface area contributed by atoms with Crippen LogP contribution >= 0.6 is 0 Å². The summed E-state index contributed by atoms with van der Waals surface area (Å²) < 4.78 is 39.7. The number of rotatable bonds is 3. The van der Waals surface area contributed by atoms with Gasteiger partial charge in [0.25, 0.3) is 0 Å². The first-order chi connectivity index (χ1) is 10.8. The van der Waals surface area contributed by atoms with Gasteiger partial charge in [-0.3, -0.25) is 9.69 Å². The number of carbonyl (C=O) groups is 1. The zero-order valence-corrected chi connectivity index (χ0v) is 12.7. The molecule has 2 rings (SSSR count). The van der Waals surface area contributed by atoms with E-state index >= 15 is 0 Å². The quantitative estimate of drug-likeness (QED) is 0.929. The molecular weight excluding hydrogens is 307 g/mol. The molecule has 2 atom stereocenters. The SMILES string of the molecule is CC(=O)N[C@@H]1CC[C@@H](C(F)(F)F)N(Cc2cccc(C#N)c2)C1. The maximum atomic E-state index is 13.2. The Kier molecular flexibility index (Phi) is 5.26. The first-order valence-electron chi connectivity index (χ1n) is 7.36. The summed E-state index contributed by atoms with van der Waals surface area (Å²) in [6.07, 6.45) is -4.06. The molecule has 124 valence electrons. The van der Waals surface area contributed by atoms with Crippen molar-refractivity contribution >= 4 is 5.91 Å². The number of carbonyl (C=O) groups excluding carboxylic acids is 1. The summed E-state index contributed by atoms with van der Waals surface area (Å²) in [5.74, 6) is -0.244. The third kappa shape index (κ3) is 4.70. The molecule has 0 bridgehead atoms. The van der Waals surface area contributed by atoms with Crippen molar-refractivity contribution in [2.75, 3.05) is 6.54 Å². The number of alkyl halides is 3. The van der Waals surface area contributed by atoms with Gasteiger partial charge in [0.05, 0.1) is 11.6 Å². The fourth-order valence-electron chi connectivity index (χ4n) is 2.97. The van der Waals surface area contributed by atoms with E-state index in [4.69, 9.17) is 5.26 Å². The van der Waals surface area contributed by atoms with E-state index in [0.29, 0.717) is 17.5 Å². The van der Waals surface area contributed by atoms with E-state index in [-0.39, 0.29) is 31.5 Å². The number of nitriles is 1. The summed E-state index contributed by atoms with van der Waals surface area (Å²) >= 11 is 0. The predicted molar refractivity (Wildman–Crippen MR) is 78.2 cm³/mol. The molecule has 23 heavy (non-hydrogen) atoms. The number of hydrogen-bond donors (Lipinski definition) is 1. The van der Waals surface area contributed by atoms with Gasteiger partial charge in [0.15, 0.2) is 0 Å². The van der Waals surface area contributed by atoms with Gasteiger partial charge in [0.1, 0.15) is 6.04 Å². The van der Waals surface area contributed by atoms with Crippen molar-refractivity contribution in [3.63, 3.8) is 0 Å². The Hall–Kier alpha value is -2.07. The second-order valence-electron chi connectivity index (χ2n) is 5.77. The Bertz CT molecular complexity index is 609. The predicted octanol–water partition coefficient (Wildman–Crippen LogP) is 2.59. The van der Waals surface area contributed by atoms with Gasteiger partial charge < -0.3 is 5.32 Å². The minimum atomic E-state index is -4.31. The van der Waals surface area contributed by atoms with Crippen LogP contribution in [0.15, 0.2) is 24.3 Å². The first-order valence-corrected chi connectivity index (χ1v) is 7.36. The topological polar surface area (TPSA) is 56.1 Å². The Balaban J connectivity index is 2.17. The van der Waals surface area contributed by atoms with Gasteiger partial charge in [0.2, 0.25) is 5.91 Å². The summed E-state index contributed by atoms with van der Waals surface area (Å²) in [6.45, 7) is 1.59. The Morgan fingerprint density at radius 3 is 2.78 bits per heavy atom. The highest BCUT2D eigenvalue weighted by Gasteiger charge is 2.46. The molecule has 1 saturated heterocycles. The van der Waals surface area contributed by atoms with Crippen LogP contribution in [-0.2, 0) is 11.3 Å². The summed E-state index contributed by atoms with van der Waals surface area (Å²) in [7, 11) is 0. The van der Waals surface area contributed by atoms with E-state index in [1.807, 2.05) is 6.07 Å². The largest absolute Gasteiger partial charge is 0.404 e. The highest BCUT2D eigenvalue weighted by atomic mass is 19.4. The molecule has 0 radical (unpaired) electrons. The van der Waals surface area contributed by atoms with Gasteiger partial charge in [-0.1, -0.05) is 12.1 Å². The fraction of sp³-hybridized carbons (Fsp3) is 0.500. The van der Waals surface area contributed by atoms with E-state index in [9.17, 15) is 18.0 Å². The molecule has 0 aliphatic carbocycles. The Morgan fingerprint density at radius 1 is 1.43 bits per heavy atom. The van der Waals surface area contributed by atoms with Gasteiger partial charge in [-0.2, -0.15) is 18.4 Å². The van der Waals surface area contributed by atoms with E-state index < -0.39 is 12.2 Å². The molecule has 1 amide bonds. The number of hydrogen-bond acceptors (Lipinski definition) is 3. The first kappa shape index (κ1) is 17.3. The smallest absolute Gasteiger partial charge is 0.352 e. The lowest BCUT2D eigenvalue weighted by atomic mass is 9.96. The number of nitrogens with one attached hydrogen (secondary N) is 1. The highest BCUT2D eigenvalue weighted by molar-refractivity contribution is 5.73. The van der Waals surface area contributed by atoms with Crippen molar-refractivity contribution in [1.29, 1.82) is 5.26 Å². The van der Waals surface area contributed by atoms with Crippen LogP contribution in [0.4, 0.5) is 13.2 Å². The molecule has 4 nitrogen and oxygen atoms in total. The summed E-state index contributed by atoms with van der Waals surface area (Å²) in [4.78, 5) is 12.5. The highest BCUT2D eigenvalue weighted by Crippen LogP contribution is 2.33. The molecule has 7 heteroatoms. The van der Waals surface area contributed by atoms with Crippen LogP contribution in [0.25, 0.3) is 0 Å². The van der Waals surface area contributed by atoms with Gasteiger partial charge in [-0.15, -0.1) is 0 Å². The molecule has 0 spiro atoms. The van der Waals surface area contributed by atoms with Gasteiger partial charge >= 0.3 is 6.18 Å². The maximum Gasteiger partial charge on any atom is 0.404 e. The zero-order chi connectivity index (χ0) is 17.0. The summed E-state index contributed by atoms with van der Waals surface area (Å²) in [6, 6.07) is 6.73. The fourth-order valence-corrected chi connectivity index (χ4v) is 2.97. The van der Waals surface area contributed by atoms with Crippen LogP contribution in [0, 0.1) is 11.3 Å². The normalized spacial score (nSPS) is 22.4. The third-order valence-electron chi connectivity index (χ3n) is 3.91. The van der Waals surface area contributed by atoms with E-state index in [2.05, 4.69) is 5.32 Å². The van der Waals surface area contributed by atoms with Crippen molar-refractivity contribution in [1.82, 2.24) is 10.2 Å². The lowest BCUT2D eigenvalue weighted by Crippen LogP contribution is -2.55. The minimum absolute atomic E-state index is 0.0492. The molecule has 1 fully saturated rings. The van der Waals surface area contributed by atoms with Crippen molar-refractivity contribution in [3.8, 4) is 6.07 Å². The number of likely N-dealkylation sites (tertiary alicyclic amines) is 1. The number of piperidine rings is 1. The van der Waals surface area contributed by atoms with Crippen molar-refractivity contribution in [3.05, 3.63) is 35.4 Å². The monoisotopic (exact) mass is 325 g/mol. The van der Waals surface area contributed by atoms with Gasteiger partial charge in [0, 0.05) is 26.1 Å². The molecule has 0 aromatic heterocycles. The molecule has 1 aliphatic heterocycles. The Morgan fingerprint density at radius 2 is 2.17 bits per heavy atom. The minimum Gasteiger partial charge on any atom is -0.352 e. The Labute approximate surface area is 132 Å². The molecule has 1 N–H and O–H groups in total.